The normalized spacial score (nSPS) is 41.1. The summed E-state index contributed by atoms with van der Waals surface area (Å²) in [6.45, 7) is 9.81. The minimum atomic E-state index is -0.826. The molecule has 6 heteroatoms. The lowest BCUT2D eigenvalue weighted by Gasteiger charge is -2.62. The summed E-state index contributed by atoms with van der Waals surface area (Å²) in [5, 5.41) is 10.1. The number of fused-ring (bicyclic) bond motifs is 3. The number of methoxy groups -OCH3 is 1. The zero-order valence-electron chi connectivity index (χ0n) is 20.4. The summed E-state index contributed by atoms with van der Waals surface area (Å²) in [5.74, 6) is 1.03. The molecule has 2 aliphatic heterocycles. The van der Waals surface area contributed by atoms with E-state index in [1.165, 1.54) is 5.57 Å². The van der Waals surface area contributed by atoms with E-state index in [-0.39, 0.29) is 29.5 Å². The molecule has 0 aromatic heterocycles. The number of hydrogen-bond donors (Lipinski definition) is 1. The second kappa shape index (κ2) is 8.81. The van der Waals surface area contributed by atoms with Crippen molar-refractivity contribution >= 4 is 5.97 Å². The van der Waals surface area contributed by atoms with Gasteiger partial charge >= 0.3 is 5.97 Å². The molecule has 0 bridgehead atoms. The molecule has 0 amide bonds. The van der Waals surface area contributed by atoms with Gasteiger partial charge in [0.1, 0.15) is 18.5 Å². The molecule has 1 aromatic rings. The highest BCUT2D eigenvalue weighted by molar-refractivity contribution is 5.91. The Morgan fingerprint density at radius 1 is 1.24 bits per heavy atom. The molecule has 2 saturated carbocycles. The minimum Gasteiger partial charge on any atom is -0.496 e. The Balaban J connectivity index is 1.38. The van der Waals surface area contributed by atoms with Crippen molar-refractivity contribution < 1.29 is 28.8 Å². The first-order chi connectivity index (χ1) is 16.3. The minimum absolute atomic E-state index is 0.0229. The van der Waals surface area contributed by atoms with Gasteiger partial charge in [0.2, 0.25) is 0 Å². The van der Waals surface area contributed by atoms with Crippen molar-refractivity contribution in [1.82, 2.24) is 0 Å². The molecule has 7 atom stereocenters. The van der Waals surface area contributed by atoms with E-state index in [9.17, 15) is 9.90 Å². The van der Waals surface area contributed by atoms with Gasteiger partial charge in [-0.1, -0.05) is 50.3 Å². The Bertz CT molecular complexity index is 1000. The van der Waals surface area contributed by atoms with Crippen molar-refractivity contribution in [3.05, 3.63) is 53.6 Å². The summed E-state index contributed by atoms with van der Waals surface area (Å²) < 4.78 is 23.5. The monoisotopic (exact) mass is 468 g/mol. The van der Waals surface area contributed by atoms with Crippen LogP contribution >= 0.6 is 0 Å². The molecule has 34 heavy (non-hydrogen) atoms. The molecule has 0 radical (unpaired) electrons. The van der Waals surface area contributed by atoms with Crippen LogP contribution < -0.4 is 4.74 Å². The average molecular weight is 469 g/mol. The predicted molar refractivity (Wildman–Crippen MR) is 127 cm³/mol. The summed E-state index contributed by atoms with van der Waals surface area (Å²) in [7, 11) is 1.67. The maximum Gasteiger partial charge on any atom is 0.336 e. The summed E-state index contributed by atoms with van der Waals surface area (Å²) in [4.78, 5) is 12.0. The third-order valence-corrected chi connectivity index (χ3v) is 9.08. The number of para-hydroxylation sites is 1. The van der Waals surface area contributed by atoms with Crippen LogP contribution in [0.1, 0.15) is 57.8 Å². The first kappa shape index (κ1) is 23.6. The Morgan fingerprint density at radius 3 is 2.76 bits per heavy atom. The lowest BCUT2D eigenvalue weighted by Crippen LogP contribution is -2.60. The van der Waals surface area contributed by atoms with Gasteiger partial charge in [0.15, 0.2) is 6.29 Å². The second-order valence-electron chi connectivity index (χ2n) is 10.9. The Hall–Kier alpha value is -2.15. The fraction of sp³-hybridized carbons (Fsp3) is 0.607. The average Bonchev–Trinajstić information content (AvgIpc) is 3.15. The third-order valence-electron chi connectivity index (χ3n) is 9.08. The molecule has 184 valence electrons. The van der Waals surface area contributed by atoms with Crippen LogP contribution in [0.3, 0.4) is 0 Å². The van der Waals surface area contributed by atoms with E-state index in [4.69, 9.17) is 18.9 Å². The van der Waals surface area contributed by atoms with Gasteiger partial charge in [0.05, 0.1) is 25.4 Å². The lowest BCUT2D eigenvalue weighted by atomic mass is 9.46. The van der Waals surface area contributed by atoms with Crippen molar-refractivity contribution in [1.29, 1.82) is 0 Å². The number of rotatable bonds is 4. The quantitative estimate of drug-likeness (QED) is 0.391. The number of esters is 1. The predicted octanol–water partition coefficient (Wildman–Crippen LogP) is 4.73. The third kappa shape index (κ3) is 3.71. The molecule has 5 rings (SSSR count). The van der Waals surface area contributed by atoms with Gasteiger partial charge in [-0.3, -0.25) is 0 Å². The van der Waals surface area contributed by atoms with Crippen LogP contribution in [0.2, 0.25) is 0 Å². The van der Waals surface area contributed by atoms with E-state index in [1.807, 2.05) is 30.3 Å². The highest BCUT2D eigenvalue weighted by Gasteiger charge is 2.60. The summed E-state index contributed by atoms with van der Waals surface area (Å²) in [5.41, 5.74) is 2.48. The number of benzene rings is 1. The standard InChI is InChI=1S/C28H36O6/c1-17-9-12-23-27(2,20(17)11-10-18-21(29)15-32-25(18)30)14-13-24-28(23,3)16-33-26(34-24)19-7-5-6-8-22(19)31-4/h5-8,10,20-21,23-24,26,29H,1,9,11-16H2,2-4H3/b18-10+/t20-,21-,23+,24-,26?,27+,28+/m1/s1. The molecule has 4 fully saturated rings. The maximum atomic E-state index is 12.0. The molecular formula is C28H36O6. The van der Waals surface area contributed by atoms with Gasteiger partial charge in [-0.2, -0.15) is 0 Å². The van der Waals surface area contributed by atoms with Crippen LogP contribution in [0.15, 0.2) is 48.1 Å². The molecule has 4 aliphatic rings. The Kier molecular flexibility index (Phi) is 6.11. The Labute approximate surface area is 201 Å². The molecule has 2 aliphatic carbocycles. The van der Waals surface area contributed by atoms with E-state index in [2.05, 4.69) is 20.4 Å². The largest absolute Gasteiger partial charge is 0.496 e. The zero-order chi connectivity index (χ0) is 24.1. The summed E-state index contributed by atoms with van der Waals surface area (Å²) >= 11 is 0. The molecule has 1 N–H and O–H groups in total. The number of allylic oxidation sites excluding steroid dienone is 2. The van der Waals surface area contributed by atoms with E-state index in [0.29, 0.717) is 24.5 Å². The first-order valence-electron chi connectivity index (χ1n) is 12.4. The number of aliphatic hydroxyl groups is 1. The molecular weight excluding hydrogens is 432 g/mol. The van der Waals surface area contributed by atoms with Crippen LogP contribution in [-0.2, 0) is 19.0 Å². The number of ether oxygens (including phenoxy) is 4. The fourth-order valence-corrected chi connectivity index (χ4v) is 7.22. The van der Waals surface area contributed by atoms with Gasteiger partial charge in [0.25, 0.3) is 0 Å². The maximum absolute atomic E-state index is 12.0. The number of cyclic esters (lactones) is 1. The molecule has 6 nitrogen and oxygen atoms in total. The highest BCUT2D eigenvalue weighted by atomic mass is 16.7. The van der Waals surface area contributed by atoms with Crippen molar-refractivity contribution in [3.63, 3.8) is 0 Å². The SMILES string of the molecule is C=C1CC[C@@H]2[C@]3(C)COC(c4ccccc4OC)O[C@@H]3CC[C@@]2(C)[C@@H]1C/C=C1/C(=O)OC[C@H]1O. The molecule has 0 spiro atoms. The number of aliphatic hydroxyl groups excluding tert-OH is 1. The second-order valence-corrected chi connectivity index (χ2v) is 10.9. The summed E-state index contributed by atoms with van der Waals surface area (Å²) in [6, 6.07) is 7.89. The van der Waals surface area contributed by atoms with Crippen LogP contribution in [0.5, 0.6) is 5.75 Å². The topological polar surface area (TPSA) is 74.2 Å². The van der Waals surface area contributed by atoms with Crippen molar-refractivity contribution in [3.8, 4) is 5.75 Å². The zero-order valence-corrected chi connectivity index (χ0v) is 20.4. The van der Waals surface area contributed by atoms with E-state index in [1.54, 1.807) is 7.11 Å². The van der Waals surface area contributed by atoms with E-state index < -0.39 is 18.4 Å². The van der Waals surface area contributed by atoms with Crippen LogP contribution in [0, 0.1) is 22.7 Å². The van der Waals surface area contributed by atoms with Gasteiger partial charge in [-0.05, 0) is 55.4 Å². The number of carbonyl (C=O) groups is 1. The van der Waals surface area contributed by atoms with Crippen LogP contribution in [0.25, 0.3) is 0 Å². The summed E-state index contributed by atoms with van der Waals surface area (Å²) in [6.07, 6.45) is 5.43. The van der Waals surface area contributed by atoms with Crippen molar-refractivity contribution in [2.24, 2.45) is 22.7 Å². The van der Waals surface area contributed by atoms with E-state index >= 15 is 0 Å². The smallest absolute Gasteiger partial charge is 0.336 e. The lowest BCUT2D eigenvalue weighted by molar-refractivity contribution is -0.307. The molecule has 1 unspecified atom stereocenters. The van der Waals surface area contributed by atoms with Gasteiger partial charge in [-0.25, -0.2) is 4.79 Å². The molecule has 2 heterocycles. The number of carbonyl (C=O) groups excluding carboxylic acids is 1. The van der Waals surface area contributed by atoms with Gasteiger partial charge in [0, 0.05) is 11.0 Å². The van der Waals surface area contributed by atoms with E-state index in [0.717, 1.165) is 37.0 Å². The fourth-order valence-electron chi connectivity index (χ4n) is 7.22. The van der Waals surface area contributed by atoms with Gasteiger partial charge in [-0.15, -0.1) is 0 Å². The molecule has 1 aromatic carbocycles. The Morgan fingerprint density at radius 2 is 2.03 bits per heavy atom. The van der Waals surface area contributed by atoms with Crippen molar-refractivity contribution in [2.75, 3.05) is 20.3 Å². The van der Waals surface area contributed by atoms with Gasteiger partial charge < -0.3 is 24.1 Å². The number of hydrogen-bond acceptors (Lipinski definition) is 6. The van der Waals surface area contributed by atoms with Crippen LogP contribution in [0.4, 0.5) is 0 Å². The molecule has 2 saturated heterocycles. The van der Waals surface area contributed by atoms with Crippen LogP contribution in [-0.4, -0.2) is 43.6 Å². The first-order valence-corrected chi connectivity index (χ1v) is 12.4. The highest BCUT2D eigenvalue weighted by Crippen LogP contribution is 2.64. The van der Waals surface area contributed by atoms with Crippen molar-refractivity contribution in [2.45, 2.75) is 64.4 Å².